The first-order chi connectivity index (χ1) is 15.5. The molecule has 32 heavy (non-hydrogen) atoms. The Balaban J connectivity index is 1.35. The second-order valence-electron chi connectivity index (χ2n) is 8.52. The lowest BCUT2D eigenvalue weighted by Gasteiger charge is -2.42. The number of amides is 1. The number of aromatic nitrogens is 2. The first-order valence-corrected chi connectivity index (χ1v) is 13.1. The number of aryl methyl sites for hydroxylation is 1. The van der Waals surface area contributed by atoms with Crippen molar-refractivity contribution in [2.45, 2.75) is 51.1 Å². The smallest absolute Gasteiger partial charge is 0.245 e. The van der Waals surface area contributed by atoms with Crippen molar-refractivity contribution >= 4 is 31.0 Å². The summed E-state index contributed by atoms with van der Waals surface area (Å²) in [5.74, 6) is 0.407. The number of carbonyl (C=O) groups is 1. The fourth-order valence-electron chi connectivity index (χ4n) is 4.53. The lowest BCUT2D eigenvalue weighted by Crippen LogP contribution is -2.54. The molecule has 0 bridgehead atoms. The molecule has 3 heterocycles. The maximum Gasteiger partial charge on any atom is 0.245 e. The molecule has 1 aromatic carbocycles. The molecular formula is C23H31FN5O2P. The first kappa shape index (κ1) is 22.9. The highest BCUT2D eigenvalue weighted by atomic mass is 31.1. The number of rotatable bonds is 6. The summed E-state index contributed by atoms with van der Waals surface area (Å²) in [7, 11) is -1.49. The molecule has 2 N–H and O–H groups in total. The number of carbonyl (C=O) groups excluding carboxylic acids is 1. The minimum absolute atomic E-state index is 0.0858. The van der Waals surface area contributed by atoms with Crippen molar-refractivity contribution < 1.29 is 14.1 Å². The highest BCUT2D eigenvalue weighted by Gasteiger charge is 2.35. The second kappa shape index (κ2) is 10.1. The largest absolute Gasteiger partial charge is 0.374 e. The number of piperidine rings is 2. The Kier molecular flexibility index (Phi) is 7.21. The maximum atomic E-state index is 14.2. The van der Waals surface area contributed by atoms with Crippen molar-refractivity contribution in [3.8, 4) is 0 Å². The zero-order chi connectivity index (χ0) is 22.7. The lowest BCUT2D eigenvalue weighted by atomic mass is 9.97. The average molecular weight is 460 g/mol. The zero-order valence-electron chi connectivity index (χ0n) is 18.7. The molecule has 2 unspecified atom stereocenters. The van der Waals surface area contributed by atoms with Crippen molar-refractivity contribution in [1.29, 1.82) is 0 Å². The summed E-state index contributed by atoms with van der Waals surface area (Å²) >= 11 is 0. The summed E-state index contributed by atoms with van der Waals surface area (Å²) in [5, 5.41) is 3.54. The van der Waals surface area contributed by atoms with Gasteiger partial charge in [0, 0.05) is 49.1 Å². The van der Waals surface area contributed by atoms with Crippen molar-refractivity contribution in [1.82, 2.24) is 14.9 Å². The summed E-state index contributed by atoms with van der Waals surface area (Å²) < 4.78 is 14.2. The van der Waals surface area contributed by atoms with E-state index in [1.54, 1.807) is 18.8 Å². The van der Waals surface area contributed by atoms with Gasteiger partial charge in [0.05, 0.1) is 8.15 Å². The van der Waals surface area contributed by atoms with Gasteiger partial charge in [0.2, 0.25) is 11.9 Å². The van der Waals surface area contributed by atoms with Gasteiger partial charge in [-0.15, -0.1) is 0 Å². The molecule has 1 amide bonds. The van der Waals surface area contributed by atoms with Crippen LogP contribution in [0, 0.1) is 5.82 Å². The minimum Gasteiger partial charge on any atom is -0.374 e. The number of nitrogens with zero attached hydrogens (tertiary/aromatic N) is 4. The van der Waals surface area contributed by atoms with E-state index in [-0.39, 0.29) is 18.0 Å². The van der Waals surface area contributed by atoms with Gasteiger partial charge >= 0.3 is 0 Å². The Hall–Kier alpha value is -2.31. The number of likely N-dealkylation sites (tertiary alicyclic amines) is 1. The van der Waals surface area contributed by atoms with Gasteiger partial charge in [-0.3, -0.25) is 4.79 Å². The van der Waals surface area contributed by atoms with Crippen molar-refractivity contribution in [3.63, 3.8) is 0 Å². The normalized spacial score (nSPS) is 21.0. The molecule has 2 aliphatic heterocycles. The Bertz CT molecular complexity index is 934. The average Bonchev–Trinajstić information content (AvgIpc) is 2.80. The molecule has 2 aliphatic rings. The van der Waals surface area contributed by atoms with Gasteiger partial charge in [-0.2, -0.15) is 0 Å². The number of benzene rings is 1. The number of halogens is 1. The van der Waals surface area contributed by atoms with Crippen LogP contribution >= 0.6 is 8.15 Å². The number of hydrogen-bond donors (Lipinski definition) is 2. The van der Waals surface area contributed by atoms with Crippen LogP contribution in [0.25, 0.3) is 0 Å². The maximum absolute atomic E-state index is 14.2. The summed E-state index contributed by atoms with van der Waals surface area (Å²) in [6, 6.07) is 4.56. The number of anilines is 2. The van der Waals surface area contributed by atoms with E-state index in [9.17, 15) is 14.1 Å². The van der Waals surface area contributed by atoms with Crippen LogP contribution in [0.5, 0.6) is 0 Å². The van der Waals surface area contributed by atoms with Crippen molar-refractivity contribution in [3.05, 3.63) is 42.0 Å². The molecule has 0 saturated carbocycles. The van der Waals surface area contributed by atoms with Crippen LogP contribution in [0.4, 0.5) is 16.0 Å². The topological polar surface area (TPSA) is 81.6 Å². The highest BCUT2D eigenvalue weighted by Crippen LogP contribution is 2.28. The fraction of sp³-hybridized carbons (Fsp3) is 0.522. The quantitative estimate of drug-likeness (QED) is 0.647. The molecule has 172 valence electrons. The molecule has 2 aromatic rings. The van der Waals surface area contributed by atoms with Crippen LogP contribution in [-0.2, 0) is 11.2 Å². The molecule has 9 heteroatoms. The Morgan fingerprint density at radius 1 is 1.19 bits per heavy atom. The van der Waals surface area contributed by atoms with Gasteiger partial charge in [0.25, 0.3) is 0 Å². The molecule has 7 nitrogen and oxygen atoms in total. The van der Waals surface area contributed by atoms with Crippen LogP contribution in [0.1, 0.15) is 38.2 Å². The SMILES string of the molecule is CCc1cnc(N2CCC(N3CCCC(Nc4ccc(P(C)O)c(F)c4)C3=O)CC2)nc1. The van der Waals surface area contributed by atoms with Crippen LogP contribution < -0.4 is 15.5 Å². The van der Waals surface area contributed by atoms with E-state index in [4.69, 9.17) is 0 Å². The van der Waals surface area contributed by atoms with E-state index in [0.29, 0.717) is 11.0 Å². The second-order valence-corrected chi connectivity index (χ2v) is 10.1. The van der Waals surface area contributed by atoms with E-state index in [1.807, 2.05) is 17.3 Å². The van der Waals surface area contributed by atoms with Crippen LogP contribution in [0.2, 0.25) is 0 Å². The van der Waals surface area contributed by atoms with E-state index < -0.39 is 14.0 Å². The molecule has 2 saturated heterocycles. The summed E-state index contributed by atoms with van der Waals surface area (Å²) in [6.45, 7) is 6.10. The molecular weight excluding hydrogens is 428 g/mol. The fourth-order valence-corrected chi connectivity index (χ4v) is 5.19. The van der Waals surface area contributed by atoms with Crippen LogP contribution in [0.15, 0.2) is 30.6 Å². The van der Waals surface area contributed by atoms with Crippen LogP contribution in [0.3, 0.4) is 0 Å². The summed E-state index contributed by atoms with van der Waals surface area (Å²) in [4.78, 5) is 36.1. The Morgan fingerprint density at radius 2 is 1.91 bits per heavy atom. The summed E-state index contributed by atoms with van der Waals surface area (Å²) in [6.07, 6.45) is 8.12. The van der Waals surface area contributed by atoms with E-state index in [1.165, 1.54) is 6.07 Å². The van der Waals surface area contributed by atoms with Gasteiger partial charge in [0.1, 0.15) is 11.9 Å². The highest BCUT2D eigenvalue weighted by molar-refractivity contribution is 7.59. The molecule has 2 fully saturated rings. The van der Waals surface area contributed by atoms with Gasteiger partial charge in [-0.25, -0.2) is 14.4 Å². The standard InChI is InChI=1S/C23H31FN5O2P/c1-3-16-14-25-23(26-15-16)28-11-8-18(9-12-28)29-10-4-5-20(22(29)30)27-17-6-7-21(32(2)31)19(24)13-17/h6-7,13-15,18,20,27,31H,3-5,8-12H2,1-2H3. The van der Waals surface area contributed by atoms with Crippen molar-refractivity contribution in [2.75, 3.05) is 36.5 Å². The van der Waals surface area contributed by atoms with E-state index in [0.717, 1.165) is 63.3 Å². The predicted molar refractivity (Wildman–Crippen MR) is 126 cm³/mol. The molecule has 0 spiro atoms. The molecule has 1 aromatic heterocycles. The predicted octanol–water partition coefficient (Wildman–Crippen LogP) is 2.89. The molecule has 0 aliphatic carbocycles. The van der Waals surface area contributed by atoms with Gasteiger partial charge in [0.15, 0.2) is 0 Å². The Labute approximate surface area is 189 Å². The monoisotopic (exact) mass is 459 g/mol. The van der Waals surface area contributed by atoms with E-state index >= 15 is 0 Å². The first-order valence-electron chi connectivity index (χ1n) is 11.3. The lowest BCUT2D eigenvalue weighted by molar-refractivity contribution is -0.137. The molecule has 4 rings (SSSR count). The third-order valence-electron chi connectivity index (χ3n) is 6.40. The van der Waals surface area contributed by atoms with Gasteiger partial charge in [-0.1, -0.05) is 6.92 Å². The third-order valence-corrected chi connectivity index (χ3v) is 7.46. The van der Waals surface area contributed by atoms with Gasteiger partial charge in [-0.05, 0) is 62.5 Å². The molecule has 0 radical (unpaired) electrons. The zero-order valence-corrected chi connectivity index (χ0v) is 19.6. The Morgan fingerprint density at radius 3 is 2.53 bits per heavy atom. The minimum atomic E-state index is -1.49. The third kappa shape index (κ3) is 5.02. The summed E-state index contributed by atoms with van der Waals surface area (Å²) in [5.41, 5.74) is 1.70. The number of nitrogens with one attached hydrogen (secondary N) is 1. The number of hydrogen-bond acceptors (Lipinski definition) is 6. The van der Waals surface area contributed by atoms with E-state index in [2.05, 4.69) is 27.1 Å². The van der Waals surface area contributed by atoms with Gasteiger partial charge < -0.3 is 20.0 Å². The van der Waals surface area contributed by atoms with Crippen molar-refractivity contribution in [2.24, 2.45) is 0 Å². The van der Waals surface area contributed by atoms with Crippen LogP contribution in [-0.4, -0.2) is 64.1 Å². The molecule has 2 atom stereocenters.